The highest BCUT2D eigenvalue weighted by Crippen LogP contribution is 2.15. The normalized spacial score (nSPS) is 9.06. The van der Waals surface area contributed by atoms with Gasteiger partial charge in [0.25, 0.3) is 0 Å². The molecule has 0 radical (unpaired) electrons. The van der Waals surface area contributed by atoms with E-state index in [-0.39, 0.29) is 17.7 Å². The average Bonchev–Trinajstić information content (AvgIpc) is 2.26. The summed E-state index contributed by atoms with van der Waals surface area (Å²) >= 11 is 5.72. The molecular formula is C12H9ClO4. The van der Waals surface area contributed by atoms with Crippen LogP contribution in [0.5, 0.6) is 0 Å². The Balaban J connectivity index is 3.08. The summed E-state index contributed by atoms with van der Waals surface area (Å²) in [6, 6.07) is 4.16. The van der Waals surface area contributed by atoms with Crippen LogP contribution in [0.15, 0.2) is 18.2 Å². The highest BCUT2D eigenvalue weighted by Gasteiger charge is 2.08. The van der Waals surface area contributed by atoms with E-state index in [0.29, 0.717) is 5.02 Å². The van der Waals surface area contributed by atoms with Crippen molar-refractivity contribution in [2.75, 3.05) is 6.61 Å². The van der Waals surface area contributed by atoms with Gasteiger partial charge in [-0.15, -0.1) is 0 Å². The van der Waals surface area contributed by atoms with Crippen molar-refractivity contribution in [3.05, 3.63) is 34.3 Å². The minimum Gasteiger partial charge on any atom is -0.478 e. The Hall–Kier alpha value is -1.99. The third-order valence-electron chi connectivity index (χ3n) is 1.79. The van der Waals surface area contributed by atoms with Gasteiger partial charge in [-0.05, 0) is 25.1 Å². The van der Waals surface area contributed by atoms with E-state index in [2.05, 4.69) is 16.6 Å². The second kappa shape index (κ2) is 5.92. The van der Waals surface area contributed by atoms with Crippen molar-refractivity contribution in [1.29, 1.82) is 0 Å². The van der Waals surface area contributed by atoms with E-state index >= 15 is 0 Å². The molecule has 1 aromatic carbocycles. The first-order valence-corrected chi connectivity index (χ1v) is 5.14. The van der Waals surface area contributed by atoms with Gasteiger partial charge in [0, 0.05) is 16.5 Å². The van der Waals surface area contributed by atoms with Crippen LogP contribution in [-0.4, -0.2) is 23.7 Å². The molecule has 0 saturated heterocycles. The van der Waals surface area contributed by atoms with E-state index in [1.165, 1.54) is 18.2 Å². The third-order valence-corrected chi connectivity index (χ3v) is 2.02. The maximum absolute atomic E-state index is 11.0. The molecule has 0 spiro atoms. The summed E-state index contributed by atoms with van der Waals surface area (Å²) in [5, 5.41) is 9.25. The number of benzene rings is 1. The third kappa shape index (κ3) is 3.82. The topological polar surface area (TPSA) is 63.6 Å². The van der Waals surface area contributed by atoms with Crippen LogP contribution in [0.25, 0.3) is 0 Å². The van der Waals surface area contributed by atoms with E-state index in [4.69, 9.17) is 16.7 Å². The lowest BCUT2D eigenvalue weighted by atomic mass is 10.1. The van der Waals surface area contributed by atoms with Crippen molar-refractivity contribution in [2.24, 2.45) is 0 Å². The highest BCUT2D eigenvalue weighted by molar-refractivity contribution is 6.30. The van der Waals surface area contributed by atoms with Crippen molar-refractivity contribution in [3.8, 4) is 11.8 Å². The lowest BCUT2D eigenvalue weighted by molar-refractivity contribution is -0.136. The van der Waals surface area contributed by atoms with Gasteiger partial charge in [0.15, 0.2) is 0 Å². The molecule has 0 aliphatic carbocycles. The Morgan fingerprint density at radius 2 is 2.18 bits per heavy atom. The number of rotatable bonds is 2. The zero-order valence-electron chi connectivity index (χ0n) is 8.99. The van der Waals surface area contributed by atoms with Gasteiger partial charge < -0.3 is 9.84 Å². The van der Waals surface area contributed by atoms with Crippen molar-refractivity contribution >= 4 is 23.5 Å². The number of carboxylic acids is 1. The number of carboxylic acid groups (broad SMARTS) is 1. The van der Waals surface area contributed by atoms with Gasteiger partial charge in [-0.1, -0.05) is 17.5 Å². The SMILES string of the molecule is CCOC(=O)C#Cc1cc(Cl)ccc1C(=O)O. The largest absolute Gasteiger partial charge is 0.478 e. The molecule has 4 nitrogen and oxygen atoms in total. The van der Waals surface area contributed by atoms with Crippen LogP contribution in [0, 0.1) is 11.8 Å². The Labute approximate surface area is 103 Å². The van der Waals surface area contributed by atoms with Gasteiger partial charge in [-0.3, -0.25) is 0 Å². The summed E-state index contributed by atoms with van der Waals surface area (Å²) < 4.78 is 4.60. The van der Waals surface area contributed by atoms with Crippen molar-refractivity contribution < 1.29 is 19.4 Å². The molecule has 5 heteroatoms. The van der Waals surface area contributed by atoms with Gasteiger partial charge in [-0.25, -0.2) is 9.59 Å². The molecule has 0 atom stereocenters. The van der Waals surface area contributed by atoms with E-state index < -0.39 is 11.9 Å². The fourth-order valence-electron chi connectivity index (χ4n) is 1.09. The molecule has 0 aromatic heterocycles. The molecular weight excluding hydrogens is 244 g/mol. The van der Waals surface area contributed by atoms with Gasteiger partial charge in [0.1, 0.15) is 0 Å². The second-order valence-corrected chi connectivity index (χ2v) is 3.40. The van der Waals surface area contributed by atoms with Crippen molar-refractivity contribution in [1.82, 2.24) is 0 Å². The van der Waals surface area contributed by atoms with Crippen LogP contribution in [0.4, 0.5) is 0 Å². The minimum absolute atomic E-state index is 0.00815. The monoisotopic (exact) mass is 252 g/mol. The molecule has 0 bridgehead atoms. The number of ether oxygens (including phenoxy) is 1. The standard InChI is InChI=1S/C12H9ClO4/c1-2-17-11(14)6-3-8-7-9(13)4-5-10(8)12(15)16/h4-5,7H,2H2,1H3,(H,15,16). The molecule has 1 aromatic rings. The first kappa shape index (κ1) is 13.1. The van der Waals surface area contributed by atoms with E-state index in [1.54, 1.807) is 6.92 Å². The average molecular weight is 253 g/mol. The highest BCUT2D eigenvalue weighted by atomic mass is 35.5. The second-order valence-electron chi connectivity index (χ2n) is 2.97. The smallest absolute Gasteiger partial charge is 0.384 e. The molecule has 0 unspecified atom stereocenters. The summed E-state index contributed by atoms with van der Waals surface area (Å²) in [6.45, 7) is 1.87. The summed E-state index contributed by atoms with van der Waals surface area (Å²) in [6.07, 6.45) is 0. The Morgan fingerprint density at radius 3 is 2.76 bits per heavy atom. The zero-order chi connectivity index (χ0) is 12.8. The first-order chi connectivity index (χ1) is 8.04. The fraction of sp³-hybridized carbons (Fsp3) is 0.167. The lowest BCUT2D eigenvalue weighted by Gasteiger charge is -1.99. The predicted molar refractivity (Wildman–Crippen MR) is 61.9 cm³/mol. The molecule has 17 heavy (non-hydrogen) atoms. The number of esters is 1. The summed E-state index contributed by atoms with van der Waals surface area (Å²) in [4.78, 5) is 21.9. The predicted octanol–water partition coefficient (Wildman–Crippen LogP) is 1.95. The Bertz CT molecular complexity index is 511. The first-order valence-electron chi connectivity index (χ1n) is 4.76. The molecule has 0 fully saturated rings. The fourth-order valence-corrected chi connectivity index (χ4v) is 1.26. The maximum atomic E-state index is 11.0. The minimum atomic E-state index is -1.13. The number of carbonyl (C=O) groups is 2. The van der Waals surface area contributed by atoms with Gasteiger partial charge in [0.2, 0.25) is 0 Å². The molecule has 0 aliphatic rings. The van der Waals surface area contributed by atoms with Crippen molar-refractivity contribution in [2.45, 2.75) is 6.92 Å². The Morgan fingerprint density at radius 1 is 1.47 bits per heavy atom. The van der Waals surface area contributed by atoms with Crippen molar-refractivity contribution in [3.63, 3.8) is 0 Å². The molecule has 0 heterocycles. The number of hydrogen-bond donors (Lipinski definition) is 1. The zero-order valence-corrected chi connectivity index (χ0v) is 9.75. The molecule has 0 saturated carbocycles. The van der Waals surface area contributed by atoms with Gasteiger partial charge >= 0.3 is 11.9 Å². The number of halogens is 1. The lowest BCUT2D eigenvalue weighted by Crippen LogP contribution is -2.02. The summed E-state index contributed by atoms with van der Waals surface area (Å²) in [5.41, 5.74) is 0.171. The quantitative estimate of drug-likeness (QED) is 0.645. The van der Waals surface area contributed by atoms with E-state index in [9.17, 15) is 9.59 Å². The molecule has 0 aliphatic heterocycles. The number of hydrogen-bond acceptors (Lipinski definition) is 3. The van der Waals surface area contributed by atoms with Crippen LogP contribution < -0.4 is 0 Å². The van der Waals surface area contributed by atoms with E-state index in [1.807, 2.05) is 0 Å². The van der Waals surface area contributed by atoms with Gasteiger partial charge in [0.05, 0.1) is 12.2 Å². The summed E-state index contributed by atoms with van der Waals surface area (Å²) in [5.74, 6) is 2.78. The van der Waals surface area contributed by atoms with Crippen LogP contribution in [0.1, 0.15) is 22.8 Å². The number of carbonyl (C=O) groups excluding carboxylic acids is 1. The Kier molecular flexibility index (Phi) is 4.56. The van der Waals surface area contributed by atoms with E-state index in [0.717, 1.165) is 0 Å². The van der Waals surface area contributed by atoms with Gasteiger partial charge in [-0.2, -0.15) is 0 Å². The molecule has 88 valence electrons. The van der Waals surface area contributed by atoms with Crippen LogP contribution in [0.2, 0.25) is 5.02 Å². The summed E-state index contributed by atoms with van der Waals surface area (Å²) in [7, 11) is 0. The van der Waals surface area contributed by atoms with Crippen LogP contribution >= 0.6 is 11.6 Å². The number of aromatic carboxylic acids is 1. The van der Waals surface area contributed by atoms with Crippen LogP contribution in [-0.2, 0) is 9.53 Å². The molecule has 1 rings (SSSR count). The maximum Gasteiger partial charge on any atom is 0.384 e. The molecule has 0 amide bonds. The van der Waals surface area contributed by atoms with Crippen LogP contribution in [0.3, 0.4) is 0 Å². The molecule has 1 N–H and O–H groups in total.